The van der Waals surface area contributed by atoms with E-state index in [2.05, 4.69) is 24.1 Å². The first-order valence-electron chi connectivity index (χ1n) is 5.16. The highest BCUT2D eigenvalue weighted by Gasteiger charge is 2.25. The average Bonchev–Trinajstić information content (AvgIpc) is 2.84. The monoisotopic (exact) mass is 170 g/mol. The zero-order valence-corrected chi connectivity index (χ0v) is 8.64. The smallest absolute Gasteiger partial charge is 0.0192 e. The predicted octanol–water partition coefficient (Wildman–Crippen LogP) is 1.33. The summed E-state index contributed by atoms with van der Waals surface area (Å²) in [6.07, 6.45) is 2.92. The SMILES string of the molecule is CCN(CC1CC1)C(C)CNC. The van der Waals surface area contributed by atoms with Crippen LogP contribution < -0.4 is 5.32 Å². The molecule has 0 aliphatic heterocycles. The highest BCUT2D eigenvalue weighted by atomic mass is 15.2. The van der Waals surface area contributed by atoms with Crippen LogP contribution in [0.25, 0.3) is 0 Å². The van der Waals surface area contributed by atoms with Gasteiger partial charge < -0.3 is 5.32 Å². The van der Waals surface area contributed by atoms with E-state index in [4.69, 9.17) is 0 Å². The van der Waals surface area contributed by atoms with Crippen LogP contribution in [0.4, 0.5) is 0 Å². The molecule has 0 amide bonds. The largest absolute Gasteiger partial charge is 0.318 e. The molecule has 72 valence electrons. The Kier molecular flexibility index (Phi) is 4.02. The molecule has 1 aliphatic carbocycles. The van der Waals surface area contributed by atoms with E-state index in [1.807, 2.05) is 7.05 Å². The Hall–Kier alpha value is -0.0800. The number of nitrogens with one attached hydrogen (secondary N) is 1. The molecule has 0 aromatic carbocycles. The molecule has 0 bridgehead atoms. The first kappa shape index (κ1) is 10.0. The van der Waals surface area contributed by atoms with Crippen molar-refractivity contribution in [1.29, 1.82) is 0 Å². The quantitative estimate of drug-likeness (QED) is 0.647. The lowest BCUT2D eigenvalue weighted by molar-refractivity contribution is 0.208. The maximum absolute atomic E-state index is 3.23. The van der Waals surface area contributed by atoms with Crippen molar-refractivity contribution in [2.45, 2.75) is 32.7 Å². The standard InChI is InChI=1S/C10H22N2/c1-4-12(8-10-5-6-10)9(2)7-11-3/h9-11H,4-8H2,1-3H3. The molecule has 0 radical (unpaired) electrons. The first-order valence-corrected chi connectivity index (χ1v) is 5.16. The lowest BCUT2D eigenvalue weighted by Crippen LogP contribution is -2.40. The molecule has 1 saturated carbocycles. The van der Waals surface area contributed by atoms with Gasteiger partial charge in [-0.1, -0.05) is 6.92 Å². The van der Waals surface area contributed by atoms with Gasteiger partial charge in [-0.15, -0.1) is 0 Å². The van der Waals surface area contributed by atoms with Crippen molar-refractivity contribution in [3.63, 3.8) is 0 Å². The van der Waals surface area contributed by atoms with Crippen molar-refractivity contribution >= 4 is 0 Å². The summed E-state index contributed by atoms with van der Waals surface area (Å²) < 4.78 is 0. The summed E-state index contributed by atoms with van der Waals surface area (Å²) in [5, 5.41) is 3.23. The van der Waals surface area contributed by atoms with Gasteiger partial charge in [-0.3, -0.25) is 4.90 Å². The molecule has 1 unspecified atom stereocenters. The van der Waals surface area contributed by atoms with Gasteiger partial charge in [0.2, 0.25) is 0 Å². The number of nitrogens with zero attached hydrogens (tertiary/aromatic N) is 1. The molecule has 12 heavy (non-hydrogen) atoms. The van der Waals surface area contributed by atoms with Gasteiger partial charge in [0.15, 0.2) is 0 Å². The molecule has 1 atom stereocenters. The van der Waals surface area contributed by atoms with E-state index in [1.54, 1.807) is 0 Å². The van der Waals surface area contributed by atoms with Crippen LogP contribution in [0.3, 0.4) is 0 Å². The van der Waals surface area contributed by atoms with Gasteiger partial charge in [-0.2, -0.15) is 0 Å². The van der Waals surface area contributed by atoms with E-state index < -0.39 is 0 Å². The Morgan fingerprint density at radius 2 is 2.17 bits per heavy atom. The molecule has 0 saturated heterocycles. The molecule has 1 rings (SSSR count). The van der Waals surface area contributed by atoms with Crippen molar-refractivity contribution in [2.24, 2.45) is 5.92 Å². The summed E-state index contributed by atoms with van der Waals surface area (Å²) in [4.78, 5) is 2.58. The third-order valence-corrected chi connectivity index (χ3v) is 2.72. The third-order valence-electron chi connectivity index (χ3n) is 2.72. The van der Waals surface area contributed by atoms with Crippen LogP contribution in [0, 0.1) is 5.92 Å². The third kappa shape index (κ3) is 3.11. The van der Waals surface area contributed by atoms with Crippen molar-refractivity contribution < 1.29 is 0 Å². The van der Waals surface area contributed by atoms with Gasteiger partial charge in [-0.25, -0.2) is 0 Å². The van der Waals surface area contributed by atoms with Gasteiger partial charge in [-0.05, 0) is 39.3 Å². The Morgan fingerprint density at radius 1 is 1.50 bits per heavy atom. The van der Waals surface area contributed by atoms with Crippen LogP contribution >= 0.6 is 0 Å². The highest BCUT2D eigenvalue weighted by Crippen LogP contribution is 2.30. The molecule has 1 N–H and O–H groups in total. The summed E-state index contributed by atoms with van der Waals surface area (Å²) >= 11 is 0. The minimum atomic E-state index is 0.695. The molecule has 2 heteroatoms. The minimum Gasteiger partial charge on any atom is -0.318 e. The maximum Gasteiger partial charge on any atom is 0.0192 e. The zero-order valence-electron chi connectivity index (χ0n) is 8.64. The number of rotatable bonds is 6. The summed E-state index contributed by atoms with van der Waals surface area (Å²) in [6, 6.07) is 0.695. The molecule has 0 spiro atoms. The fraction of sp³-hybridized carbons (Fsp3) is 1.00. The maximum atomic E-state index is 3.23. The fourth-order valence-corrected chi connectivity index (χ4v) is 1.68. The summed E-state index contributed by atoms with van der Waals surface area (Å²) in [5.74, 6) is 1.02. The molecular formula is C10H22N2. The van der Waals surface area contributed by atoms with Crippen molar-refractivity contribution in [3.8, 4) is 0 Å². The fourth-order valence-electron chi connectivity index (χ4n) is 1.68. The molecular weight excluding hydrogens is 148 g/mol. The molecule has 0 aromatic rings. The summed E-state index contributed by atoms with van der Waals surface area (Å²) in [5.41, 5.74) is 0. The van der Waals surface area contributed by atoms with Gasteiger partial charge in [0.05, 0.1) is 0 Å². The van der Waals surface area contributed by atoms with Crippen LogP contribution in [0.5, 0.6) is 0 Å². The van der Waals surface area contributed by atoms with Crippen LogP contribution in [-0.4, -0.2) is 37.6 Å². The molecule has 2 nitrogen and oxygen atoms in total. The van der Waals surface area contributed by atoms with E-state index in [1.165, 1.54) is 25.9 Å². The molecule has 0 aromatic heterocycles. The zero-order chi connectivity index (χ0) is 8.97. The average molecular weight is 170 g/mol. The van der Waals surface area contributed by atoms with Gasteiger partial charge in [0.25, 0.3) is 0 Å². The van der Waals surface area contributed by atoms with E-state index in [-0.39, 0.29) is 0 Å². The Bertz CT molecular complexity index is 121. The van der Waals surface area contributed by atoms with E-state index >= 15 is 0 Å². The number of hydrogen-bond acceptors (Lipinski definition) is 2. The number of hydrogen-bond donors (Lipinski definition) is 1. The second kappa shape index (κ2) is 4.83. The van der Waals surface area contributed by atoms with Gasteiger partial charge >= 0.3 is 0 Å². The lowest BCUT2D eigenvalue weighted by Gasteiger charge is -2.27. The van der Waals surface area contributed by atoms with Crippen LogP contribution in [0.15, 0.2) is 0 Å². The molecule has 0 heterocycles. The first-order chi connectivity index (χ1) is 5.77. The van der Waals surface area contributed by atoms with Crippen molar-refractivity contribution in [2.75, 3.05) is 26.7 Å². The Morgan fingerprint density at radius 3 is 2.58 bits per heavy atom. The predicted molar refractivity (Wildman–Crippen MR) is 53.4 cm³/mol. The van der Waals surface area contributed by atoms with Crippen LogP contribution in [0.2, 0.25) is 0 Å². The lowest BCUT2D eigenvalue weighted by atomic mass is 10.2. The van der Waals surface area contributed by atoms with Crippen molar-refractivity contribution in [3.05, 3.63) is 0 Å². The minimum absolute atomic E-state index is 0.695. The number of likely N-dealkylation sites (N-methyl/N-ethyl adjacent to an activating group) is 2. The van der Waals surface area contributed by atoms with E-state index in [0.29, 0.717) is 6.04 Å². The van der Waals surface area contributed by atoms with Crippen molar-refractivity contribution in [1.82, 2.24) is 10.2 Å². The van der Waals surface area contributed by atoms with Gasteiger partial charge in [0.1, 0.15) is 0 Å². The molecule has 1 aliphatic rings. The van der Waals surface area contributed by atoms with E-state index in [0.717, 1.165) is 12.5 Å². The summed E-state index contributed by atoms with van der Waals surface area (Å²) in [7, 11) is 2.03. The normalized spacial score (nSPS) is 20.0. The topological polar surface area (TPSA) is 15.3 Å². The summed E-state index contributed by atoms with van der Waals surface area (Å²) in [6.45, 7) is 8.19. The second-order valence-electron chi connectivity index (χ2n) is 3.94. The Balaban J connectivity index is 2.21. The van der Waals surface area contributed by atoms with Crippen LogP contribution in [0.1, 0.15) is 26.7 Å². The molecule has 1 fully saturated rings. The van der Waals surface area contributed by atoms with Gasteiger partial charge in [0, 0.05) is 19.1 Å². The Labute approximate surface area is 76.3 Å². The van der Waals surface area contributed by atoms with E-state index in [9.17, 15) is 0 Å². The highest BCUT2D eigenvalue weighted by molar-refractivity contribution is 4.79. The van der Waals surface area contributed by atoms with Crippen LogP contribution in [-0.2, 0) is 0 Å². The second-order valence-corrected chi connectivity index (χ2v) is 3.94.